The zero-order valence-corrected chi connectivity index (χ0v) is 19.5. The van der Waals surface area contributed by atoms with Gasteiger partial charge in [-0.05, 0) is 45.9 Å². The van der Waals surface area contributed by atoms with E-state index in [2.05, 4.69) is 37.8 Å². The van der Waals surface area contributed by atoms with E-state index in [1.165, 1.54) is 0 Å². The number of fused-ring (bicyclic) bond motifs is 1. The lowest BCUT2D eigenvalue weighted by Gasteiger charge is -2.16. The van der Waals surface area contributed by atoms with Gasteiger partial charge in [-0.25, -0.2) is 15.0 Å². The molecule has 0 amide bonds. The fourth-order valence-corrected chi connectivity index (χ4v) is 3.79. The Morgan fingerprint density at radius 2 is 1.94 bits per heavy atom. The van der Waals surface area contributed by atoms with Crippen molar-refractivity contribution in [2.24, 2.45) is 0 Å². The topological polar surface area (TPSA) is 69.2 Å². The Hall–Kier alpha value is -2.90. The molecule has 0 bridgehead atoms. The van der Waals surface area contributed by atoms with Crippen LogP contribution in [0.5, 0.6) is 11.5 Å². The molecular weight excluding hydrogens is 432 g/mol. The van der Waals surface area contributed by atoms with Gasteiger partial charge in [-0.2, -0.15) is 0 Å². The summed E-state index contributed by atoms with van der Waals surface area (Å²) in [7, 11) is 0. The zero-order valence-electron chi connectivity index (χ0n) is 17.9. The van der Waals surface area contributed by atoms with E-state index < -0.39 is 0 Å². The number of ether oxygens (including phenoxy) is 2. The van der Waals surface area contributed by atoms with E-state index in [9.17, 15) is 0 Å². The van der Waals surface area contributed by atoms with Crippen LogP contribution in [0.3, 0.4) is 0 Å². The Kier molecular flexibility index (Phi) is 7.30. The highest BCUT2D eigenvalue weighted by Gasteiger charge is 2.14. The maximum Gasteiger partial charge on any atom is 0.163 e. The second-order valence-corrected chi connectivity index (χ2v) is 8.16. The third-order valence-electron chi connectivity index (χ3n) is 4.40. The van der Waals surface area contributed by atoms with Gasteiger partial charge in [0.2, 0.25) is 0 Å². The van der Waals surface area contributed by atoms with E-state index in [4.69, 9.17) is 9.47 Å². The van der Waals surface area contributed by atoms with Gasteiger partial charge in [0, 0.05) is 28.1 Å². The number of hydrogen-bond donors (Lipinski definition) is 1. The number of nitrogens with one attached hydrogen (secondary N) is 1. The van der Waals surface area contributed by atoms with Crippen LogP contribution < -0.4 is 14.8 Å². The number of hydrogen-bond acceptors (Lipinski definition) is 7. The molecular formula is C23H25ClN4O2S. The molecule has 0 radical (unpaired) electrons. The number of aromatic nitrogens is 3. The molecule has 0 unspecified atom stereocenters. The molecule has 0 aliphatic heterocycles. The van der Waals surface area contributed by atoms with Gasteiger partial charge < -0.3 is 14.8 Å². The molecule has 2 aromatic heterocycles. The molecule has 0 spiro atoms. The van der Waals surface area contributed by atoms with Crippen molar-refractivity contribution in [2.45, 2.75) is 33.8 Å². The van der Waals surface area contributed by atoms with E-state index in [-0.39, 0.29) is 18.5 Å². The minimum atomic E-state index is 0. The van der Waals surface area contributed by atoms with Crippen molar-refractivity contribution in [3.8, 4) is 22.8 Å². The predicted octanol–water partition coefficient (Wildman–Crippen LogP) is 6.41. The predicted molar refractivity (Wildman–Crippen MR) is 129 cm³/mol. The normalized spacial score (nSPS) is 10.7. The highest BCUT2D eigenvalue weighted by Crippen LogP contribution is 2.36. The molecule has 0 atom stereocenters. The van der Waals surface area contributed by atoms with E-state index >= 15 is 0 Å². The maximum absolute atomic E-state index is 5.92. The van der Waals surface area contributed by atoms with E-state index in [0.717, 1.165) is 32.9 Å². The maximum atomic E-state index is 5.92. The largest absolute Gasteiger partial charge is 0.490 e. The lowest BCUT2D eigenvalue weighted by molar-refractivity contribution is 0.224. The number of nitrogens with zero attached hydrogens (tertiary/aromatic N) is 3. The van der Waals surface area contributed by atoms with Crippen molar-refractivity contribution in [3.63, 3.8) is 0 Å². The Labute approximate surface area is 192 Å². The molecule has 0 saturated carbocycles. The number of rotatable bonds is 7. The van der Waals surface area contributed by atoms with Crippen molar-refractivity contribution >= 4 is 46.2 Å². The Balaban J connectivity index is 0.00000272. The Morgan fingerprint density at radius 3 is 2.65 bits per heavy atom. The average Bonchev–Trinajstić information content (AvgIpc) is 3.15. The second-order valence-electron chi connectivity index (χ2n) is 7.10. The quantitative estimate of drug-likeness (QED) is 0.346. The molecule has 0 fully saturated rings. The van der Waals surface area contributed by atoms with Gasteiger partial charge in [0.1, 0.15) is 12.1 Å². The van der Waals surface area contributed by atoms with Crippen molar-refractivity contribution < 1.29 is 9.47 Å². The minimum Gasteiger partial charge on any atom is -0.490 e. The highest BCUT2D eigenvalue weighted by atomic mass is 35.5. The number of aryl methyl sites for hydroxylation is 1. The lowest BCUT2D eigenvalue weighted by atomic mass is 10.1. The number of benzene rings is 2. The molecule has 0 aliphatic rings. The summed E-state index contributed by atoms with van der Waals surface area (Å²) in [4.78, 5) is 13.5. The molecule has 1 N–H and O–H groups in total. The standard InChI is InChI=1S/C23H24N4O2S.ClH/c1-5-28-21-10-18-19(11-22(21)29-14(2)3)24-13-25-23(18)27-17-8-6-7-16(9-17)20-12-30-15(4)26-20;/h6-14H,5H2,1-4H3,(H,24,25,27);1H. The van der Waals surface area contributed by atoms with E-state index in [1.807, 2.05) is 52.0 Å². The second kappa shape index (κ2) is 9.94. The monoisotopic (exact) mass is 456 g/mol. The van der Waals surface area contributed by atoms with Gasteiger partial charge in [-0.1, -0.05) is 12.1 Å². The molecule has 4 aromatic rings. The molecule has 31 heavy (non-hydrogen) atoms. The molecule has 162 valence electrons. The molecule has 2 heterocycles. The highest BCUT2D eigenvalue weighted by molar-refractivity contribution is 7.09. The third-order valence-corrected chi connectivity index (χ3v) is 5.18. The van der Waals surface area contributed by atoms with Gasteiger partial charge in [-0.15, -0.1) is 23.7 Å². The summed E-state index contributed by atoms with van der Waals surface area (Å²) >= 11 is 1.64. The van der Waals surface area contributed by atoms with Crippen LogP contribution in [-0.4, -0.2) is 27.7 Å². The molecule has 8 heteroatoms. The van der Waals surface area contributed by atoms with E-state index in [1.54, 1.807) is 17.7 Å². The third kappa shape index (κ3) is 5.24. The fraction of sp³-hybridized carbons (Fsp3) is 0.261. The van der Waals surface area contributed by atoms with Crippen LogP contribution in [0.4, 0.5) is 11.5 Å². The first-order chi connectivity index (χ1) is 14.5. The lowest BCUT2D eigenvalue weighted by Crippen LogP contribution is -2.08. The van der Waals surface area contributed by atoms with Crippen molar-refractivity contribution in [3.05, 3.63) is 53.1 Å². The SMILES string of the molecule is CCOc1cc2c(Nc3cccc(-c4csc(C)n4)c3)ncnc2cc1OC(C)C.Cl. The summed E-state index contributed by atoms with van der Waals surface area (Å²) in [5.41, 5.74) is 3.75. The van der Waals surface area contributed by atoms with Gasteiger partial charge >= 0.3 is 0 Å². The number of halogens is 1. The summed E-state index contributed by atoms with van der Waals surface area (Å²) in [5.74, 6) is 2.08. The Morgan fingerprint density at radius 1 is 1.10 bits per heavy atom. The van der Waals surface area contributed by atoms with Crippen molar-refractivity contribution in [1.29, 1.82) is 0 Å². The zero-order chi connectivity index (χ0) is 21.1. The molecule has 0 saturated heterocycles. The molecule has 6 nitrogen and oxygen atoms in total. The summed E-state index contributed by atoms with van der Waals surface area (Å²) < 4.78 is 11.7. The summed E-state index contributed by atoms with van der Waals surface area (Å²) in [5, 5.41) is 7.41. The molecule has 0 aliphatic carbocycles. The van der Waals surface area contributed by atoms with Crippen LogP contribution in [0.1, 0.15) is 25.8 Å². The average molecular weight is 457 g/mol. The van der Waals surface area contributed by atoms with Crippen molar-refractivity contribution in [1.82, 2.24) is 15.0 Å². The van der Waals surface area contributed by atoms with Crippen LogP contribution in [-0.2, 0) is 0 Å². The fourth-order valence-electron chi connectivity index (χ4n) is 3.17. The van der Waals surface area contributed by atoms with Crippen LogP contribution in [0, 0.1) is 6.92 Å². The minimum absolute atomic E-state index is 0. The molecule has 4 rings (SSSR count). The summed E-state index contributed by atoms with van der Waals surface area (Å²) in [6, 6.07) is 12.0. The van der Waals surface area contributed by atoms with Crippen LogP contribution in [0.15, 0.2) is 48.1 Å². The van der Waals surface area contributed by atoms with Crippen LogP contribution in [0.25, 0.3) is 22.2 Å². The first-order valence-electron chi connectivity index (χ1n) is 9.91. The summed E-state index contributed by atoms with van der Waals surface area (Å²) in [6.45, 7) is 8.49. The van der Waals surface area contributed by atoms with Gasteiger partial charge in [0.05, 0.1) is 28.9 Å². The smallest absolute Gasteiger partial charge is 0.163 e. The number of thiazole rings is 1. The van der Waals surface area contributed by atoms with Crippen LogP contribution >= 0.6 is 23.7 Å². The summed E-state index contributed by atoms with van der Waals surface area (Å²) in [6.07, 6.45) is 1.59. The Bertz CT molecular complexity index is 1180. The van der Waals surface area contributed by atoms with Gasteiger partial charge in [0.15, 0.2) is 11.5 Å². The van der Waals surface area contributed by atoms with Gasteiger partial charge in [-0.3, -0.25) is 0 Å². The van der Waals surface area contributed by atoms with Gasteiger partial charge in [0.25, 0.3) is 0 Å². The van der Waals surface area contributed by atoms with Crippen LogP contribution in [0.2, 0.25) is 0 Å². The van der Waals surface area contributed by atoms with E-state index in [0.29, 0.717) is 23.9 Å². The van der Waals surface area contributed by atoms with Crippen molar-refractivity contribution in [2.75, 3.05) is 11.9 Å². The first kappa shape index (κ1) is 22.8. The number of anilines is 2. The molecule has 2 aromatic carbocycles. The first-order valence-corrected chi connectivity index (χ1v) is 10.8.